The standard InChI is InChI=1S/C15H17FOS/c1-15(2,3)13-9-8-12(18-13)14(17)10-6-4-5-7-11(10)16/h4-9,14,17H,1-3H3. The minimum Gasteiger partial charge on any atom is -0.383 e. The first-order valence-electron chi connectivity index (χ1n) is 5.92. The Morgan fingerprint density at radius 2 is 1.78 bits per heavy atom. The van der Waals surface area contributed by atoms with E-state index in [0.717, 1.165) is 4.88 Å². The molecule has 1 unspecified atom stereocenters. The molecule has 0 amide bonds. The molecule has 1 heterocycles. The van der Waals surface area contributed by atoms with Crippen LogP contribution in [0.1, 0.15) is 42.2 Å². The van der Waals surface area contributed by atoms with E-state index in [1.165, 1.54) is 22.3 Å². The zero-order chi connectivity index (χ0) is 13.3. The van der Waals surface area contributed by atoms with Crippen molar-refractivity contribution in [3.05, 3.63) is 57.5 Å². The molecule has 0 aliphatic heterocycles. The van der Waals surface area contributed by atoms with Crippen molar-refractivity contribution < 1.29 is 9.50 Å². The third-order valence-electron chi connectivity index (χ3n) is 2.84. The smallest absolute Gasteiger partial charge is 0.129 e. The fourth-order valence-corrected chi connectivity index (χ4v) is 2.82. The van der Waals surface area contributed by atoms with Crippen LogP contribution in [-0.2, 0) is 5.41 Å². The van der Waals surface area contributed by atoms with Gasteiger partial charge in [-0.15, -0.1) is 11.3 Å². The highest BCUT2D eigenvalue weighted by molar-refractivity contribution is 7.12. The van der Waals surface area contributed by atoms with Crippen molar-refractivity contribution in [1.82, 2.24) is 0 Å². The van der Waals surface area contributed by atoms with Crippen LogP contribution in [0.4, 0.5) is 4.39 Å². The molecule has 0 radical (unpaired) electrons. The topological polar surface area (TPSA) is 20.2 Å². The van der Waals surface area contributed by atoms with Crippen LogP contribution in [0.3, 0.4) is 0 Å². The van der Waals surface area contributed by atoms with Gasteiger partial charge in [0.1, 0.15) is 11.9 Å². The molecule has 0 aliphatic carbocycles. The summed E-state index contributed by atoms with van der Waals surface area (Å²) >= 11 is 1.53. The zero-order valence-electron chi connectivity index (χ0n) is 10.8. The van der Waals surface area contributed by atoms with E-state index in [0.29, 0.717) is 5.56 Å². The molecule has 96 valence electrons. The lowest BCUT2D eigenvalue weighted by Gasteiger charge is -2.16. The quantitative estimate of drug-likeness (QED) is 0.859. The monoisotopic (exact) mass is 264 g/mol. The van der Waals surface area contributed by atoms with E-state index in [1.54, 1.807) is 18.2 Å². The molecular weight excluding hydrogens is 247 g/mol. The summed E-state index contributed by atoms with van der Waals surface area (Å²) in [6, 6.07) is 10.2. The molecule has 2 rings (SSSR count). The minimum atomic E-state index is -0.882. The fraction of sp³-hybridized carbons (Fsp3) is 0.333. The average molecular weight is 264 g/mol. The second kappa shape index (κ2) is 4.82. The molecule has 2 aromatic rings. The maximum atomic E-state index is 13.6. The predicted molar refractivity (Wildman–Crippen MR) is 73.5 cm³/mol. The molecule has 0 saturated heterocycles. The van der Waals surface area contributed by atoms with Crippen molar-refractivity contribution in [3.63, 3.8) is 0 Å². The summed E-state index contributed by atoms with van der Waals surface area (Å²) in [6.45, 7) is 6.37. The van der Waals surface area contributed by atoms with E-state index >= 15 is 0 Å². The predicted octanol–water partition coefficient (Wildman–Crippen LogP) is 4.27. The molecule has 0 bridgehead atoms. The van der Waals surface area contributed by atoms with Gasteiger partial charge in [0.05, 0.1) is 0 Å². The van der Waals surface area contributed by atoms with Gasteiger partial charge in [0.15, 0.2) is 0 Å². The zero-order valence-corrected chi connectivity index (χ0v) is 11.6. The number of aliphatic hydroxyl groups is 1. The lowest BCUT2D eigenvalue weighted by molar-refractivity contribution is 0.219. The number of rotatable bonds is 2. The normalized spacial score (nSPS) is 13.6. The summed E-state index contributed by atoms with van der Waals surface area (Å²) in [5, 5.41) is 10.2. The highest BCUT2D eigenvalue weighted by atomic mass is 32.1. The number of benzene rings is 1. The Hall–Kier alpha value is -1.19. The summed E-state index contributed by atoms with van der Waals surface area (Å²) in [4.78, 5) is 1.97. The minimum absolute atomic E-state index is 0.0534. The van der Waals surface area contributed by atoms with E-state index in [4.69, 9.17) is 0 Å². The first-order valence-corrected chi connectivity index (χ1v) is 6.74. The first kappa shape index (κ1) is 13.2. The molecule has 0 fully saturated rings. The summed E-state index contributed by atoms with van der Waals surface area (Å²) in [7, 11) is 0. The van der Waals surface area contributed by atoms with Crippen LogP contribution < -0.4 is 0 Å². The summed E-state index contributed by atoms with van der Waals surface area (Å²) in [5.41, 5.74) is 0.387. The number of hydrogen-bond acceptors (Lipinski definition) is 2. The molecule has 1 atom stereocenters. The van der Waals surface area contributed by atoms with Crippen molar-refractivity contribution in [2.75, 3.05) is 0 Å². The Morgan fingerprint density at radius 1 is 1.11 bits per heavy atom. The van der Waals surface area contributed by atoms with Crippen LogP contribution >= 0.6 is 11.3 Å². The third-order valence-corrected chi connectivity index (χ3v) is 4.40. The van der Waals surface area contributed by atoms with Crippen molar-refractivity contribution >= 4 is 11.3 Å². The molecule has 0 saturated carbocycles. The SMILES string of the molecule is CC(C)(C)c1ccc(C(O)c2ccccc2F)s1. The summed E-state index contributed by atoms with van der Waals surface area (Å²) in [5.74, 6) is -0.365. The molecule has 1 nitrogen and oxygen atoms in total. The van der Waals surface area contributed by atoms with Gasteiger partial charge in [0.25, 0.3) is 0 Å². The number of thiophene rings is 1. The van der Waals surface area contributed by atoms with Crippen molar-refractivity contribution in [1.29, 1.82) is 0 Å². The summed E-state index contributed by atoms with van der Waals surface area (Å²) in [6.07, 6.45) is -0.882. The third kappa shape index (κ3) is 2.62. The maximum absolute atomic E-state index is 13.6. The molecule has 1 aromatic heterocycles. The van der Waals surface area contributed by atoms with Gasteiger partial charge < -0.3 is 5.11 Å². The molecule has 0 spiro atoms. The van der Waals surface area contributed by atoms with Crippen LogP contribution in [-0.4, -0.2) is 5.11 Å². The number of hydrogen-bond donors (Lipinski definition) is 1. The van der Waals surface area contributed by atoms with E-state index < -0.39 is 6.10 Å². The van der Waals surface area contributed by atoms with Crippen LogP contribution in [0, 0.1) is 5.82 Å². The fourth-order valence-electron chi connectivity index (χ4n) is 1.75. The highest BCUT2D eigenvalue weighted by Gasteiger charge is 2.20. The van der Waals surface area contributed by atoms with Gasteiger partial charge in [-0.2, -0.15) is 0 Å². The van der Waals surface area contributed by atoms with Gasteiger partial charge in [-0.1, -0.05) is 39.0 Å². The van der Waals surface area contributed by atoms with Crippen LogP contribution in [0.25, 0.3) is 0 Å². The van der Waals surface area contributed by atoms with Gasteiger partial charge in [0.2, 0.25) is 0 Å². The van der Waals surface area contributed by atoms with Crippen LogP contribution in [0.15, 0.2) is 36.4 Å². The van der Waals surface area contributed by atoms with Gasteiger partial charge >= 0.3 is 0 Å². The number of halogens is 1. The highest BCUT2D eigenvalue weighted by Crippen LogP contribution is 2.35. The first-order chi connectivity index (χ1) is 8.39. The molecule has 0 aliphatic rings. The van der Waals surface area contributed by atoms with Gasteiger partial charge in [-0.05, 0) is 23.6 Å². The van der Waals surface area contributed by atoms with Crippen LogP contribution in [0.5, 0.6) is 0 Å². The van der Waals surface area contributed by atoms with Crippen LogP contribution in [0.2, 0.25) is 0 Å². The maximum Gasteiger partial charge on any atom is 0.129 e. The van der Waals surface area contributed by atoms with Gasteiger partial charge in [-0.25, -0.2) is 4.39 Å². The molecule has 1 N–H and O–H groups in total. The summed E-state index contributed by atoms with van der Waals surface area (Å²) < 4.78 is 13.6. The Labute approximate surface area is 111 Å². The van der Waals surface area contributed by atoms with Crippen molar-refractivity contribution in [2.45, 2.75) is 32.3 Å². The molecule has 18 heavy (non-hydrogen) atoms. The van der Waals surface area contributed by atoms with E-state index in [1.807, 2.05) is 12.1 Å². The largest absolute Gasteiger partial charge is 0.383 e. The van der Waals surface area contributed by atoms with Crippen molar-refractivity contribution in [2.24, 2.45) is 0 Å². The van der Waals surface area contributed by atoms with E-state index in [-0.39, 0.29) is 11.2 Å². The van der Waals surface area contributed by atoms with Gasteiger partial charge in [0, 0.05) is 15.3 Å². The Bertz CT molecular complexity index is 539. The second-order valence-corrected chi connectivity index (χ2v) is 6.49. The number of aliphatic hydroxyl groups excluding tert-OH is 1. The molecule has 3 heteroatoms. The molecular formula is C15H17FOS. The lowest BCUT2D eigenvalue weighted by atomic mass is 9.95. The Kier molecular flexibility index (Phi) is 3.55. The molecule has 1 aromatic carbocycles. The second-order valence-electron chi connectivity index (χ2n) is 5.38. The average Bonchev–Trinajstić information content (AvgIpc) is 2.77. The Balaban J connectivity index is 2.33. The van der Waals surface area contributed by atoms with Gasteiger partial charge in [-0.3, -0.25) is 0 Å². The van der Waals surface area contributed by atoms with Crippen molar-refractivity contribution in [3.8, 4) is 0 Å². The lowest BCUT2D eigenvalue weighted by Crippen LogP contribution is -2.07. The van der Waals surface area contributed by atoms with E-state index in [2.05, 4.69) is 20.8 Å². The van der Waals surface area contributed by atoms with E-state index in [9.17, 15) is 9.50 Å². The Morgan fingerprint density at radius 3 is 2.33 bits per heavy atom.